The van der Waals surface area contributed by atoms with Gasteiger partial charge in [-0.3, -0.25) is 9.59 Å². The van der Waals surface area contributed by atoms with Gasteiger partial charge in [-0.1, -0.05) is 240 Å². The number of rotatable bonds is 48. The van der Waals surface area contributed by atoms with Crippen LogP contribution in [0.4, 0.5) is 0 Å². The normalized spacial score (nSPS) is 13.0. The summed E-state index contributed by atoms with van der Waals surface area (Å²) in [7, 11) is 0. The number of esters is 2. The van der Waals surface area contributed by atoms with Crippen LogP contribution in [0.5, 0.6) is 0 Å². The molecule has 1 atom stereocenters. The second kappa shape index (κ2) is 54.2. The zero-order valence-electron chi connectivity index (χ0n) is 42.0. The van der Waals surface area contributed by atoms with Crippen molar-refractivity contribution in [2.24, 2.45) is 0 Å². The highest BCUT2D eigenvalue weighted by Gasteiger charge is 2.17. The van der Waals surface area contributed by atoms with E-state index in [4.69, 9.17) is 14.2 Å². The van der Waals surface area contributed by atoms with Crippen molar-refractivity contribution in [3.05, 3.63) is 97.2 Å². The summed E-state index contributed by atoms with van der Waals surface area (Å²) in [6, 6.07) is 0. The van der Waals surface area contributed by atoms with Gasteiger partial charge in [-0.15, -0.1) is 0 Å². The summed E-state index contributed by atoms with van der Waals surface area (Å²) in [5.41, 5.74) is 0. The smallest absolute Gasteiger partial charge is 0.306 e. The van der Waals surface area contributed by atoms with Gasteiger partial charge in [-0.25, -0.2) is 0 Å². The molecule has 0 bridgehead atoms. The van der Waals surface area contributed by atoms with E-state index in [1.165, 1.54) is 109 Å². The minimum absolute atomic E-state index is 0.0412. The van der Waals surface area contributed by atoms with Crippen molar-refractivity contribution in [3.63, 3.8) is 0 Å². The lowest BCUT2D eigenvalue weighted by Crippen LogP contribution is -2.30. The van der Waals surface area contributed by atoms with Gasteiger partial charge in [-0.05, 0) is 83.5 Å². The van der Waals surface area contributed by atoms with E-state index >= 15 is 0 Å². The molecule has 0 saturated carbocycles. The lowest BCUT2D eigenvalue weighted by atomic mass is 10.0. The summed E-state index contributed by atoms with van der Waals surface area (Å²) in [6.45, 7) is 7.37. The van der Waals surface area contributed by atoms with Crippen LogP contribution in [-0.4, -0.2) is 37.9 Å². The molecule has 0 aromatic heterocycles. The fourth-order valence-electron chi connectivity index (χ4n) is 7.24. The molecule has 0 aliphatic carbocycles. The van der Waals surface area contributed by atoms with Gasteiger partial charge < -0.3 is 14.2 Å². The molecule has 0 aromatic rings. The number of hydrogen-bond acceptors (Lipinski definition) is 5. The average Bonchev–Trinajstić information content (AvgIpc) is 3.30. The minimum Gasteiger partial charge on any atom is -0.462 e. The summed E-state index contributed by atoms with van der Waals surface area (Å²) in [5, 5.41) is 0. The van der Waals surface area contributed by atoms with Crippen LogP contribution >= 0.6 is 0 Å². The first-order chi connectivity index (χ1) is 31.6. The van der Waals surface area contributed by atoms with E-state index in [1.54, 1.807) is 0 Å². The Morgan fingerprint density at radius 2 is 0.703 bits per heavy atom. The maximum Gasteiger partial charge on any atom is 0.306 e. The molecular formula is C59H100O5. The number of hydrogen-bond donors (Lipinski definition) is 0. The third kappa shape index (κ3) is 51.5. The van der Waals surface area contributed by atoms with E-state index in [1.807, 2.05) is 0 Å². The van der Waals surface area contributed by atoms with Crippen LogP contribution < -0.4 is 0 Å². The molecule has 0 saturated heterocycles. The second-order valence-corrected chi connectivity index (χ2v) is 17.4. The van der Waals surface area contributed by atoms with E-state index in [9.17, 15) is 9.59 Å². The Balaban J connectivity index is 4.36. The van der Waals surface area contributed by atoms with Crippen molar-refractivity contribution in [2.45, 2.75) is 245 Å². The van der Waals surface area contributed by atoms with Gasteiger partial charge >= 0.3 is 11.9 Å². The molecule has 0 aliphatic rings. The fourth-order valence-corrected chi connectivity index (χ4v) is 7.24. The molecule has 0 N–H and O–H groups in total. The molecule has 1 unspecified atom stereocenters. The van der Waals surface area contributed by atoms with Gasteiger partial charge in [0.15, 0.2) is 6.10 Å². The van der Waals surface area contributed by atoms with Crippen LogP contribution in [0.1, 0.15) is 239 Å². The molecule has 0 heterocycles. The first kappa shape index (κ1) is 60.8. The molecule has 366 valence electrons. The maximum atomic E-state index is 12.8. The van der Waals surface area contributed by atoms with Crippen LogP contribution in [0.3, 0.4) is 0 Å². The van der Waals surface area contributed by atoms with Crippen molar-refractivity contribution in [2.75, 3.05) is 19.8 Å². The van der Waals surface area contributed by atoms with E-state index in [0.29, 0.717) is 19.4 Å². The second-order valence-electron chi connectivity index (χ2n) is 17.4. The fraction of sp³-hybridized carbons (Fsp3) is 0.695. The number of ether oxygens (including phenoxy) is 3. The van der Waals surface area contributed by atoms with E-state index in [2.05, 4.69) is 118 Å². The highest BCUT2D eigenvalue weighted by molar-refractivity contribution is 5.70. The van der Waals surface area contributed by atoms with Crippen molar-refractivity contribution in [3.8, 4) is 0 Å². The quantitative estimate of drug-likeness (QED) is 0.0346. The monoisotopic (exact) mass is 889 g/mol. The first-order valence-electron chi connectivity index (χ1n) is 26.8. The van der Waals surface area contributed by atoms with Crippen LogP contribution in [0.2, 0.25) is 0 Å². The molecule has 64 heavy (non-hydrogen) atoms. The van der Waals surface area contributed by atoms with Crippen molar-refractivity contribution in [1.82, 2.24) is 0 Å². The molecule has 0 fully saturated rings. The zero-order chi connectivity index (χ0) is 46.3. The number of carbonyl (C=O) groups excluding carboxylic acids is 2. The third-order valence-corrected chi connectivity index (χ3v) is 11.1. The molecular weight excluding hydrogens is 789 g/mol. The lowest BCUT2D eigenvalue weighted by Gasteiger charge is -2.18. The Morgan fingerprint density at radius 3 is 1.12 bits per heavy atom. The van der Waals surface area contributed by atoms with E-state index in [0.717, 1.165) is 96.3 Å². The van der Waals surface area contributed by atoms with Crippen LogP contribution in [0.15, 0.2) is 97.2 Å². The van der Waals surface area contributed by atoms with Crippen LogP contribution in [-0.2, 0) is 23.8 Å². The summed E-state index contributed by atoms with van der Waals surface area (Å²) in [5.74, 6) is -0.470. The van der Waals surface area contributed by atoms with Crippen molar-refractivity contribution < 1.29 is 23.8 Å². The summed E-state index contributed by atoms with van der Waals surface area (Å²) >= 11 is 0. The highest BCUT2D eigenvalue weighted by Crippen LogP contribution is 2.15. The van der Waals surface area contributed by atoms with Crippen LogP contribution in [0.25, 0.3) is 0 Å². The Bertz CT molecular complexity index is 1230. The van der Waals surface area contributed by atoms with Gasteiger partial charge in [0.25, 0.3) is 0 Å². The number of unbranched alkanes of at least 4 members (excludes halogenated alkanes) is 21. The Labute approximate surface area is 396 Å². The van der Waals surface area contributed by atoms with Crippen molar-refractivity contribution >= 4 is 11.9 Å². The lowest BCUT2D eigenvalue weighted by molar-refractivity contribution is -0.162. The topological polar surface area (TPSA) is 61.8 Å². The van der Waals surface area contributed by atoms with Crippen molar-refractivity contribution in [1.29, 1.82) is 0 Å². The van der Waals surface area contributed by atoms with Gasteiger partial charge in [-0.2, -0.15) is 0 Å². The third-order valence-electron chi connectivity index (χ3n) is 11.1. The maximum absolute atomic E-state index is 12.8. The minimum atomic E-state index is -0.594. The van der Waals surface area contributed by atoms with E-state index < -0.39 is 6.10 Å². The van der Waals surface area contributed by atoms with Gasteiger partial charge in [0.1, 0.15) is 6.61 Å². The number of allylic oxidation sites excluding steroid dienone is 15. The van der Waals surface area contributed by atoms with Gasteiger partial charge in [0.05, 0.1) is 13.2 Å². The molecule has 0 aliphatic heterocycles. The van der Waals surface area contributed by atoms with Gasteiger partial charge in [0.2, 0.25) is 0 Å². The first-order valence-corrected chi connectivity index (χ1v) is 26.8. The van der Waals surface area contributed by atoms with Crippen LogP contribution in [0, 0.1) is 0 Å². The average molecular weight is 889 g/mol. The Kier molecular flexibility index (Phi) is 51.5. The predicted molar refractivity (Wildman–Crippen MR) is 279 cm³/mol. The molecule has 0 spiro atoms. The molecule has 5 nitrogen and oxygen atoms in total. The number of carbonyl (C=O) groups is 2. The summed E-state index contributed by atoms with van der Waals surface area (Å²) in [6.07, 6.45) is 73.1. The Morgan fingerprint density at radius 1 is 0.359 bits per heavy atom. The summed E-state index contributed by atoms with van der Waals surface area (Å²) in [4.78, 5) is 25.4. The van der Waals surface area contributed by atoms with E-state index in [-0.39, 0.29) is 25.2 Å². The van der Waals surface area contributed by atoms with Gasteiger partial charge in [0, 0.05) is 12.8 Å². The highest BCUT2D eigenvalue weighted by atomic mass is 16.6. The summed E-state index contributed by atoms with van der Waals surface area (Å²) < 4.78 is 17.3. The Hall–Kier alpha value is -3.18. The zero-order valence-corrected chi connectivity index (χ0v) is 42.0. The molecule has 0 aromatic carbocycles. The SMILES string of the molecule is CC/C=C\C/C=C\C/C=C\C/C=C\C/C=C\CCOCC(COC(=O)CCCCCCCCCCCCCCCCCCCCC)OC(=O)CCCCC/C=C\C/C=C\C/C=C\CC. The molecule has 5 heteroatoms. The molecule has 0 radical (unpaired) electrons. The molecule has 0 amide bonds. The standard InChI is InChI=1S/C59H100O5/c1-4-7-10-13-16-19-22-25-27-29-30-31-32-35-37-40-43-46-49-52-58(60)63-56-57(64-59(61)53-50-47-44-41-38-34-24-21-18-15-12-9-6-3)55-62-54-51-48-45-42-39-36-33-28-26-23-20-17-14-11-8-5-2/h8-9,11-12,17-18,20-21,26,28,34,36,38-39,45,48,57H,4-7,10,13-16,19,22-25,27,29-33,35,37,40-44,46-47,49-56H2,1-3H3/b11-8-,12-9-,20-17-,21-18-,28-26-,38-34-,39-36-,48-45-. The predicted octanol–water partition coefficient (Wildman–Crippen LogP) is 18.2. The molecule has 0 rings (SSSR count). The largest absolute Gasteiger partial charge is 0.462 e.